The topological polar surface area (TPSA) is 102 Å². The van der Waals surface area contributed by atoms with Crippen molar-refractivity contribution >= 4 is 23.3 Å². The van der Waals surface area contributed by atoms with Gasteiger partial charge in [-0.3, -0.25) is 0 Å². The Balaban J connectivity index is 1.94. The number of aromatic hydroxyl groups is 3. The predicted molar refractivity (Wildman–Crippen MR) is 78.7 cm³/mol. The number of nitrogens with one attached hydrogen (secondary N) is 2. The van der Waals surface area contributed by atoms with Crippen molar-refractivity contribution < 1.29 is 20.1 Å². The maximum Gasteiger partial charge on any atom is 0.319 e. The molecule has 0 spiro atoms. The van der Waals surface area contributed by atoms with Gasteiger partial charge in [0.05, 0.1) is 5.69 Å². The van der Waals surface area contributed by atoms with Crippen molar-refractivity contribution in [2.45, 2.75) is 6.54 Å². The highest BCUT2D eigenvalue weighted by molar-refractivity contribution is 6.30. The Kier molecular flexibility index (Phi) is 4.39. The summed E-state index contributed by atoms with van der Waals surface area (Å²) in [5, 5.41) is 33.5. The van der Waals surface area contributed by atoms with Crippen molar-refractivity contribution in [3.05, 3.63) is 47.0 Å². The van der Waals surface area contributed by atoms with E-state index in [1.165, 1.54) is 0 Å². The third kappa shape index (κ3) is 3.93. The summed E-state index contributed by atoms with van der Waals surface area (Å²) in [6.45, 7) is 0.291. The number of anilines is 1. The van der Waals surface area contributed by atoms with Gasteiger partial charge in [-0.15, -0.1) is 0 Å². The summed E-state index contributed by atoms with van der Waals surface area (Å²) >= 11 is 5.76. The van der Waals surface area contributed by atoms with E-state index < -0.39 is 23.3 Å². The number of carbonyl (C=O) groups excluding carboxylic acids is 1. The monoisotopic (exact) mass is 308 g/mol. The molecular weight excluding hydrogens is 296 g/mol. The molecule has 5 N–H and O–H groups in total. The Morgan fingerprint density at radius 3 is 2.19 bits per heavy atom. The number of hydrogen-bond acceptors (Lipinski definition) is 4. The third-order valence-corrected chi connectivity index (χ3v) is 2.95. The molecule has 0 aliphatic heterocycles. The number of phenols is 3. The van der Waals surface area contributed by atoms with Crippen LogP contribution in [0.3, 0.4) is 0 Å². The number of urea groups is 1. The summed E-state index contributed by atoms with van der Waals surface area (Å²) in [5.74, 6) is -1.69. The molecule has 0 unspecified atom stereocenters. The van der Waals surface area contributed by atoms with Gasteiger partial charge in [-0.2, -0.15) is 0 Å². The Morgan fingerprint density at radius 2 is 1.62 bits per heavy atom. The van der Waals surface area contributed by atoms with Gasteiger partial charge in [0.2, 0.25) is 0 Å². The van der Waals surface area contributed by atoms with Gasteiger partial charge in [0.25, 0.3) is 0 Å². The second-order valence-corrected chi connectivity index (χ2v) is 4.73. The van der Waals surface area contributed by atoms with Crippen LogP contribution < -0.4 is 10.6 Å². The first-order valence-electron chi connectivity index (χ1n) is 6.00. The van der Waals surface area contributed by atoms with Gasteiger partial charge >= 0.3 is 6.03 Å². The van der Waals surface area contributed by atoms with Gasteiger partial charge in [-0.25, -0.2) is 4.79 Å². The van der Waals surface area contributed by atoms with Crippen molar-refractivity contribution in [1.29, 1.82) is 0 Å². The predicted octanol–water partition coefficient (Wildman–Crippen LogP) is 2.78. The van der Waals surface area contributed by atoms with Crippen LogP contribution >= 0.6 is 11.6 Å². The minimum atomic E-state index is -0.637. The fraction of sp³-hybridized carbons (Fsp3) is 0.0714. The van der Waals surface area contributed by atoms with E-state index >= 15 is 0 Å². The molecule has 0 heterocycles. The lowest BCUT2D eigenvalue weighted by molar-refractivity contribution is 0.251. The van der Waals surface area contributed by atoms with Crippen LogP contribution in [0.15, 0.2) is 36.4 Å². The number of benzene rings is 2. The number of rotatable bonds is 3. The van der Waals surface area contributed by atoms with E-state index in [-0.39, 0.29) is 5.69 Å². The Morgan fingerprint density at radius 1 is 1.05 bits per heavy atom. The van der Waals surface area contributed by atoms with Gasteiger partial charge in [-0.05, 0) is 17.7 Å². The van der Waals surface area contributed by atoms with Crippen molar-refractivity contribution in [3.8, 4) is 17.2 Å². The molecule has 0 fully saturated rings. The summed E-state index contributed by atoms with van der Waals surface area (Å²) < 4.78 is 0. The molecule has 2 amide bonds. The van der Waals surface area contributed by atoms with E-state index in [2.05, 4.69) is 10.6 Å². The number of amides is 2. The smallest absolute Gasteiger partial charge is 0.319 e. The normalized spacial score (nSPS) is 10.1. The first-order valence-corrected chi connectivity index (χ1v) is 6.38. The van der Waals surface area contributed by atoms with Crippen LogP contribution in [0, 0.1) is 0 Å². The van der Waals surface area contributed by atoms with Crippen molar-refractivity contribution in [1.82, 2.24) is 5.32 Å². The zero-order valence-corrected chi connectivity index (χ0v) is 11.6. The molecule has 0 saturated carbocycles. The van der Waals surface area contributed by atoms with Gasteiger partial charge in [0.15, 0.2) is 17.2 Å². The number of phenolic OH excluding ortho intramolecular Hbond substituents is 3. The van der Waals surface area contributed by atoms with Crippen LogP contribution in [-0.4, -0.2) is 21.4 Å². The second kappa shape index (κ2) is 6.23. The zero-order chi connectivity index (χ0) is 15.4. The van der Waals surface area contributed by atoms with Gasteiger partial charge < -0.3 is 26.0 Å². The average molecular weight is 309 g/mol. The average Bonchev–Trinajstić information content (AvgIpc) is 2.44. The van der Waals surface area contributed by atoms with Crippen LogP contribution in [0.25, 0.3) is 0 Å². The van der Waals surface area contributed by atoms with Crippen molar-refractivity contribution in [2.75, 3.05) is 5.32 Å². The highest BCUT2D eigenvalue weighted by Crippen LogP contribution is 2.37. The summed E-state index contributed by atoms with van der Waals surface area (Å²) in [6.07, 6.45) is 0. The molecule has 0 saturated heterocycles. The molecule has 6 nitrogen and oxygen atoms in total. The fourth-order valence-electron chi connectivity index (χ4n) is 1.64. The van der Waals surface area contributed by atoms with Crippen molar-refractivity contribution in [2.24, 2.45) is 0 Å². The Labute approximate surface area is 125 Å². The lowest BCUT2D eigenvalue weighted by atomic mass is 10.2. The maximum atomic E-state index is 11.7. The lowest BCUT2D eigenvalue weighted by Crippen LogP contribution is -2.28. The third-order valence-electron chi connectivity index (χ3n) is 2.69. The molecule has 2 aromatic carbocycles. The van der Waals surface area contributed by atoms with E-state index in [4.69, 9.17) is 11.6 Å². The molecule has 2 aromatic rings. The molecule has 0 aromatic heterocycles. The number of halogens is 1. The summed E-state index contributed by atoms with van der Waals surface area (Å²) in [4.78, 5) is 11.7. The molecule has 2 rings (SSSR count). The van der Waals surface area contributed by atoms with Crippen LogP contribution in [-0.2, 0) is 6.54 Å². The largest absolute Gasteiger partial charge is 0.504 e. The first-order chi connectivity index (χ1) is 9.95. The number of carbonyl (C=O) groups is 1. The fourth-order valence-corrected chi connectivity index (χ4v) is 1.76. The van der Waals surface area contributed by atoms with E-state index in [1.54, 1.807) is 24.3 Å². The Hall–Kier alpha value is -2.60. The lowest BCUT2D eigenvalue weighted by Gasteiger charge is -2.09. The first kappa shape index (κ1) is 14.8. The summed E-state index contributed by atoms with van der Waals surface area (Å²) in [6, 6.07) is 8.71. The molecule has 0 atom stereocenters. The maximum absolute atomic E-state index is 11.7. The highest BCUT2D eigenvalue weighted by Gasteiger charge is 2.10. The Bertz CT molecular complexity index is 636. The van der Waals surface area contributed by atoms with E-state index in [1.807, 2.05) is 0 Å². The number of hydrogen-bond donors (Lipinski definition) is 5. The summed E-state index contributed by atoms with van der Waals surface area (Å²) in [7, 11) is 0. The van der Waals surface area contributed by atoms with Gasteiger partial charge in [0, 0.05) is 23.7 Å². The molecular formula is C14H13ClN2O4. The standard InChI is InChI=1S/C14H13ClN2O4/c15-9-3-1-8(2-4-9)7-16-14(21)17-10-5-11(18)13(20)12(19)6-10/h1-6,18-20H,7H2,(H2,16,17,21). The van der Waals surface area contributed by atoms with Gasteiger partial charge in [0.1, 0.15) is 0 Å². The van der Waals surface area contributed by atoms with Crippen LogP contribution in [0.5, 0.6) is 17.2 Å². The van der Waals surface area contributed by atoms with E-state index in [0.29, 0.717) is 11.6 Å². The molecule has 21 heavy (non-hydrogen) atoms. The molecule has 0 radical (unpaired) electrons. The molecule has 0 aliphatic carbocycles. The van der Waals surface area contributed by atoms with Crippen molar-refractivity contribution in [3.63, 3.8) is 0 Å². The van der Waals surface area contributed by atoms with Crippen LogP contribution in [0.4, 0.5) is 10.5 Å². The molecule has 0 bridgehead atoms. The molecule has 7 heteroatoms. The SMILES string of the molecule is O=C(NCc1ccc(Cl)cc1)Nc1cc(O)c(O)c(O)c1. The minimum absolute atomic E-state index is 0.149. The second-order valence-electron chi connectivity index (χ2n) is 4.30. The highest BCUT2D eigenvalue weighted by atomic mass is 35.5. The van der Waals surface area contributed by atoms with Crippen LogP contribution in [0.2, 0.25) is 5.02 Å². The van der Waals surface area contributed by atoms with E-state index in [0.717, 1.165) is 17.7 Å². The molecule has 0 aliphatic rings. The van der Waals surface area contributed by atoms with E-state index in [9.17, 15) is 20.1 Å². The van der Waals surface area contributed by atoms with Crippen LogP contribution in [0.1, 0.15) is 5.56 Å². The molecule has 110 valence electrons. The minimum Gasteiger partial charge on any atom is -0.504 e. The quantitative estimate of drug-likeness (QED) is 0.444. The summed E-state index contributed by atoms with van der Waals surface area (Å²) in [5.41, 5.74) is 1.02. The zero-order valence-electron chi connectivity index (χ0n) is 10.8. The van der Waals surface area contributed by atoms with Gasteiger partial charge in [-0.1, -0.05) is 23.7 Å².